The molecule has 0 bridgehead atoms. The number of thiol groups is 1. The second kappa shape index (κ2) is 5.74. The van der Waals surface area contributed by atoms with Crippen LogP contribution in [0.5, 0.6) is 0 Å². The Morgan fingerprint density at radius 3 is 2.22 bits per heavy atom. The van der Waals surface area contributed by atoms with Crippen LogP contribution >= 0.6 is 12.6 Å². The first-order valence-electron chi connectivity index (χ1n) is 5.88. The summed E-state index contributed by atoms with van der Waals surface area (Å²) in [5.74, 6) is 0.0111. The smallest absolute Gasteiger partial charge is 0.258 e. The van der Waals surface area contributed by atoms with E-state index in [-0.39, 0.29) is 5.91 Å². The summed E-state index contributed by atoms with van der Waals surface area (Å²) in [7, 11) is 0. The summed E-state index contributed by atoms with van der Waals surface area (Å²) < 4.78 is 0. The molecular weight excluding hydrogens is 242 g/mol. The SMILES string of the molecule is CCN(C(=O)c1ccc(S)cc1)c1ccccc1. The molecule has 0 aliphatic rings. The molecule has 0 radical (unpaired) electrons. The van der Waals surface area contributed by atoms with Crippen LogP contribution in [0.4, 0.5) is 5.69 Å². The molecule has 18 heavy (non-hydrogen) atoms. The van der Waals surface area contributed by atoms with E-state index >= 15 is 0 Å². The van der Waals surface area contributed by atoms with E-state index in [1.165, 1.54) is 0 Å². The first-order valence-corrected chi connectivity index (χ1v) is 6.33. The van der Waals surface area contributed by atoms with E-state index in [2.05, 4.69) is 12.6 Å². The molecule has 0 N–H and O–H groups in total. The Balaban J connectivity index is 2.28. The summed E-state index contributed by atoms with van der Waals surface area (Å²) in [6, 6.07) is 16.9. The largest absolute Gasteiger partial charge is 0.309 e. The van der Waals surface area contributed by atoms with Crippen LogP contribution in [0, 0.1) is 0 Å². The third-order valence-corrected chi connectivity index (χ3v) is 3.04. The average molecular weight is 257 g/mol. The lowest BCUT2D eigenvalue weighted by Crippen LogP contribution is -2.30. The maximum absolute atomic E-state index is 12.4. The minimum Gasteiger partial charge on any atom is -0.309 e. The predicted octanol–water partition coefficient (Wildman–Crippen LogP) is 3.64. The third kappa shape index (κ3) is 2.74. The lowest BCUT2D eigenvalue weighted by Gasteiger charge is -2.21. The van der Waals surface area contributed by atoms with E-state index in [1.54, 1.807) is 17.0 Å². The highest BCUT2D eigenvalue weighted by Gasteiger charge is 2.15. The summed E-state index contributed by atoms with van der Waals surface area (Å²) in [5, 5.41) is 0. The fourth-order valence-electron chi connectivity index (χ4n) is 1.81. The molecule has 0 spiro atoms. The zero-order valence-electron chi connectivity index (χ0n) is 10.2. The molecule has 2 nitrogen and oxygen atoms in total. The first-order chi connectivity index (χ1) is 8.72. The molecule has 92 valence electrons. The van der Waals surface area contributed by atoms with Crippen LogP contribution in [-0.4, -0.2) is 12.5 Å². The summed E-state index contributed by atoms with van der Waals surface area (Å²) in [4.78, 5) is 15.0. The number of hydrogen-bond donors (Lipinski definition) is 1. The van der Waals surface area contributed by atoms with Gasteiger partial charge in [0.2, 0.25) is 0 Å². The van der Waals surface area contributed by atoms with Crippen LogP contribution in [-0.2, 0) is 0 Å². The molecule has 0 aliphatic heterocycles. The lowest BCUT2D eigenvalue weighted by molar-refractivity contribution is 0.0988. The maximum Gasteiger partial charge on any atom is 0.258 e. The van der Waals surface area contributed by atoms with E-state index < -0.39 is 0 Å². The first kappa shape index (κ1) is 12.7. The number of benzene rings is 2. The van der Waals surface area contributed by atoms with Crippen molar-refractivity contribution in [2.75, 3.05) is 11.4 Å². The van der Waals surface area contributed by atoms with Crippen molar-refractivity contribution in [2.24, 2.45) is 0 Å². The van der Waals surface area contributed by atoms with Crippen molar-refractivity contribution < 1.29 is 4.79 Å². The topological polar surface area (TPSA) is 20.3 Å². The fourth-order valence-corrected chi connectivity index (χ4v) is 1.96. The van der Waals surface area contributed by atoms with Gasteiger partial charge >= 0.3 is 0 Å². The number of nitrogens with zero attached hydrogens (tertiary/aromatic N) is 1. The van der Waals surface area contributed by atoms with E-state index in [0.717, 1.165) is 10.6 Å². The summed E-state index contributed by atoms with van der Waals surface area (Å²) in [6.07, 6.45) is 0. The Morgan fingerprint density at radius 2 is 1.67 bits per heavy atom. The van der Waals surface area contributed by atoms with Gasteiger partial charge < -0.3 is 4.90 Å². The fraction of sp³-hybridized carbons (Fsp3) is 0.133. The van der Waals surface area contributed by atoms with Gasteiger partial charge in [0.1, 0.15) is 0 Å². The number of amides is 1. The molecule has 0 unspecified atom stereocenters. The van der Waals surface area contributed by atoms with Crippen molar-refractivity contribution in [2.45, 2.75) is 11.8 Å². The van der Waals surface area contributed by atoms with E-state index in [0.29, 0.717) is 12.1 Å². The Morgan fingerprint density at radius 1 is 1.06 bits per heavy atom. The predicted molar refractivity (Wildman–Crippen MR) is 77.5 cm³/mol. The highest BCUT2D eigenvalue weighted by molar-refractivity contribution is 7.80. The van der Waals surface area contributed by atoms with Gasteiger partial charge in [-0.25, -0.2) is 0 Å². The van der Waals surface area contributed by atoms with Gasteiger partial charge in [0.05, 0.1) is 0 Å². The van der Waals surface area contributed by atoms with Crippen molar-refractivity contribution in [1.82, 2.24) is 0 Å². The molecule has 0 fully saturated rings. The molecule has 2 aromatic carbocycles. The number of rotatable bonds is 3. The lowest BCUT2D eigenvalue weighted by atomic mass is 10.2. The van der Waals surface area contributed by atoms with Crippen LogP contribution in [0.15, 0.2) is 59.5 Å². The summed E-state index contributed by atoms with van der Waals surface area (Å²) in [6.45, 7) is 2.61. The van der Waals surface area contributed by atoms with Gasteiger partial charge in [-0.15, -0.1) is 12.6 Å². The van der Waals surface area contributed by atoms with Crippen molar-refractivity contribution in [1.29, 1.82) is 0 Å². The summed E-state index contributed by atoms with van der Waals surface area (Å²) in [5.41, 5.74) is 1.60. The Labute approximate surface area is 113 Å². The van der Waals surface area contributed by atoms with Gasteiger partial charge in [-0.3, -0.25) is 4.79 Å². The molecular formula is C15H15NOS. The molecule has 0 aliphatic carbocycles. The maximum atomic E-state index is 12.4. The van der Waals surface area contributed by atoms with Crippen molar-refractivity contribution in [3.63, 3.8) is 0 Å². The van der Waals surface area contributed by atoms with Gasteiger partial charge in [-0.2, -0.15) is 0 Å². The molecule has 0 aromatic heterocycles. The quantitative estimate of drug-likeness (QED) is 0.832. The van der Waals surface area contributed by atoms with Gasteiger partial charge in [0, 0.05) is 22.7 Å². The van der Waals surface area contributed by atoms with Crippen LogP contribution in [0.1, 0.15) is 17.3 Å². The minimum atomic E-state index is 0.0111. The zero-order valence-corrected chi connectivity index (χ0v) is 11.1. The van der Waals surface area contributed by atoms with Crippen LogP contribution in [0.25, 0.3) is 0 Å². The molecule has 0 saturated heterocycles. The Hall–Kier alpha value is -1.74. The highest BCUT2D eigenvalue weighted by Crippen LogP contribution is 2.17. The van der Waals surface area contributed by atoms with E-state index in [4.69, 9.17) is 0 Å². The number of para-hydroxylation sites is 1. The second-order valence-corrected chi connectivity index (χ2v) is 4.45. The number of carbonyl (C=O) groups is 1. The standard InChI is InChI=1S/C15H15NOS/c1-2-16(13-6-4-3-5-7-13)15(17)12-8-10-14(18)11-9-12/h3-11,18H,2H2,1H3. The third-order valence-electron chi connectivity index (χ3n) is 2.74. The Bertz CT molecular complexity index is 522. The number of carbonyl (C=O) groups excluding carboxylic acids is 1. The molecule has 0 heterocycles. The normalized spacial score (nSPS) is 10.1. The van der Waals surface area contributed by atoms with Crippen molar-refractivity contribution in [3.8, 4) is 0 Å². The number of anilines is 1. The van der Waals surface area contributed by atoms with E-state index in [1.807, 2.05) is 49.4 Å². The van der Waals surface area contributed by atoms with Crippen LogP contribution in [0.3, 0.4) is 0 Å². The van der Waals surface area contributed by atoms with E-state index in [9.17, 15) is 4.79 Å². The molecule has 0 saturated carbocycles. The van der Waals surface area contributed by atoms with Crippen molar-refractivity contribution in [3.05, 3.63) is 60.2 Å². The molecule has 0 atom stereocenters. The molecule has 2 aromatic rings. The van der Waals surface area contributed by atoms with Gasteiger partial charge in [0.15, 0.2) is 0 Å². The monoisotopic (exact) mass is 257 g/mol. The number of hydrogen-bond acceptors (Lipinski definition) is 2. The Kier molecular flexibility index (Phi) is 4.05. The molecule has 3 heteroatoms. The molecule has 1 amide bonds. The van der Waals surface area contributed by atoms with Gasteiger partial charge in [-0.05, 0) is 43.3 Å². The van der Waals surface area contributed by atoms with Crippen LogP contribution < -0.4 is 4.90 Å². The average Bonchev–Trinajstić information content (AvgIpc) is 2.41. The van der Waals surface area contributed by atoms with Crippen molar-refractivity contribution >= 4 is 24.2 Å². The highest BCUT2D eigenvalue weighted by atomic mass is 32.1. The van der Waals surface area contributed by atoms with Gasteiger partial charge in [0.25, 0.3) is 5.91 Å². The zero-order chi connectivity index (χ0) is 13.0. The van der Waals surface area contributed by atoms with Gasteiger partial charge in [-0.1, -0.05) is 18.2 Å². The molecule has 2 rings (SSSR count). The second-order valence-electron chi connectivity index (χ2n) is 3.93. The van der Waals surface area contributed by atoms with Crippen LogP contribution in [0.2, 0.25) is 0 Å². The summed E-state index contributed by atoms with van der Waals surface area (Å²) >= 11 is 4.22. The minimum absolute atomic E-state index is 0.0111.